The van der Waals surface area contributed by atoms with E-state index in [4.69, 9.17) is 0 Å². The van der Waals surface area contributed by atoms with Crippen LogP contribution >= 0.6 is 0 Å². The average Bonchev–Trinajstić information content (AvgIpc) is 2.61. The molecule has 0 saturated heterocycles. The number of aliphatic imine (C=N–C) groups is 1. The molecule has 0 aliphatic heterocycles. The highest BCUT2D eigenvalue weighted by atomic mass is 15.2. The highest BCUT2D eigenvalue weighted by Crippen LogP contribution is 2.18. The van der Waals surface area contributed by atoms with Gasteiger partial charge in [-0.3, -0.25) is 4.98 Å². The number of benzene rings is 1. The van der Waals surface area contributed by atoms with Gasteiger partial charge in [0, 0.05) is 24.8 Å². The molecule has 23 heavy (non-hydrogen) atoms. The van der Waals surface area contributed by atoms with Crippen LogP contribution in [-0.2, 0) is 6.54 Å². The SMILES string of the molecule is CCCCNC(=NCc1cccc(-c2ccccn2)c1)NCC. The van der Waals surface area contributed by atoms with Crippen LogP contribution < -0.4 is 10.6 Å². The summed E-state index contributed by atoms with van der Waals surface area (Å²) in [6.07, 6.45) is 4.15. The first-order valence-electron chi connectivity index (χ1n) is 8.36. The van der Waals surface area contributed by atoms with Gasteiger partial charge in [0.25, 0.3) is 0 Å². The van der Waals surface area contributed by atoms with Gasteiger partial charge in [0.2, 0.25) is 0 Å². The predicted octanol–water partition coefficient (Wildman–Crippen LogP) is 3.60. The van der Waals surface area contributed by atoms with Gasteiger partial charge in [-0.05, 0) is 37.1 Å². The molecule has 0 unspecified atom stereocenters. The standard InChI is InChI=1S/C19H26N4/c1-3-5-12-22-19(20-4-2)23-15-16-9-8-10-17(14-16)18-11-6-7-13-21-18/h6-11,13-14H,3-5,12,15H2,1-2H3,(H2,20,22,23). The molecule has 0 bridgehead atoms. The van der Waals surface area contributed by atoms with Crippen molar-refractivity contribution in [3.8, 4) is 11.3 Å². The van der Waals surface area contributed by atoms with Crippen LogP contribution in [0.4, 0.5) is 0 Å². The summed E-state index contributed by atoms with van der Waals surface area (Å²) in [5.74, 6) is 0.879. The second-order valence-electron chi connectivity index (χ2n) is 5.39. The van der Waals surface area contributed by atoms with E-state index in [9.17, 15) is 0 Å². The van der Waals surface area contributed by atoms with Crippen molar-refractivity contribution in [3.63, 3.8) is 0 Å². The molecular weight excluding hydrogens is 284 g/mol. The summed E-state index contributed by atoms with van der Waals surface area (Å²) in [4.78, 5) is 9.07. The molecule has 2 N–H and O–H groups in total. The van der Waals surface area contributed by atoms with Gasteiger partial charge in [-0.2, -0.15) is 0 Å². The molecule has 0 amide bonds. The number of unbranched alkanes of at least 4 members (excludes halogenated alkanes) is 1. The zero-order chi connectivity index (χ0) is 16.3. The number of hydrogen-bond acceptors (Lipinski definition) is 2. The molecule has 2 aromatic rings. The monoisotopic (exact) mass is 310 g/mol. The van der Waals surface area contributed by atoms with Gasteiger partial charge in [0.1, 0.15) is 0 Å². The molecule has 1 heterocycles. The second-order valence-corrected chi connectivity index (χ2v) is 5.39. The summed E-state index contributed by atoms with van der Waals surface area (Å²) in [6.45, 7) is 6.75. The Kier molecular flexibility index (Phi) is 7.11. The maximum Gasteiger partial charge on any atom is 0.191 e. The Balaban J connectivity index is 2.05. The van der Waals surface area contributed by atoms with Gasteiger partial charge < -0.3 is 10.6 Å². The van der Waals surface area contributed by atoms with E-state index in [-0.39, 0.29) is 0 Å². The lowest BCUT2D eigenvalue weighted by Crippen LogP contribution is -2.37. The summed E-state index contributed by atoms with van der Waals surface area (Å²) < 4.78 is 0. The third-order valence-corrected chi connectivity index (χ3v) is 3.47. The van der Waals surface area contributed by atoms with E-state index in [0.29, 0.717) is 6.54 Å². The zero-order valence-electron chi connectivity index (χ0n) is 14.0. The van der Waals surface area contributed by atoms with Gasteiger partial charge in [-0.1, -0.05) is 37.6 Å². The molecular formula is C19H26N4. The fourth-order valence-electron chi connectivity index (χ4n) is 2.26. The van der Waals surface area contributed by atoms with Crippen LogP contribution in [0, 0.1) is 0 Å². The fraction of sp³-hybridized carbons (Fsp3) is 0.368. The minimum atomic E-state index is 0.655. The minimum Gasteiger partial charge on any atom is -0.357 e. The molecule has 122 valence electrons. The zero-order valence-corrected chi connectivity index (χ0v) is 14.0. The average molecular weight is 310 g/mol. The quantitative estimate of drug-likeness (QED) is 0.467. The Hall–Kier alpha value is -2.36. The van der Waals surface area contributed by atoms with Crippen LogP contribution in [0.5, 0.6) is 0 Å². The molecule has 0 fully saturated rings. The molecule has 0 saturated carbocycles. The van der Waals surface area contributed by atoms with Crippen LogP contribution in [-0.4, -0.2) is 24.0 Å². The van der Waals surface area contributed by atoms with E-state index in [2.05, 4.69) is 58.7 Å². The molecule has 0 aliphatic carbocycles. The lowest BCUT2D eigenvalue weighted by Gasteiger charge is -2.11. The summed E-state index contributed by atoms with van der Waals surface area (Å²) in [5.41, 5.74) is 3.30. The third-order valence-electron chi connectivity index (χ3n) is 3.47. The minimum absolute atomic E-state index is 0.655. The van der Waals surface area contributed by atoms with E-state index in [0.717, 1.165) is 36.7 Å². The van der Waals surface area contributed by atoms with Crippen molar-refractivity contribution in [2.75, 3.05) is 13.1 Å². The lowest BCUT2D eigenvalue weighted by atomic mass is 10.1. The number of hydrogen-bond donors (Lipinski definition) is 2. The van der Waals surface area contributed by atoms with Crippen LogP contribution in [0.15, 0.2) is 53.7 Å². The van der Waals surface area contributed by atoms with Gasteiger partial charge in [0.15, 0.2) is 5.96 Å². The Morgan fingerprint density at radius 2 is 2.00 bits per heavy atom. The van der Waals surface area contributed by atoms with Gasteiger partial charge >= 0.3 is 0 Å². The number of aromatic nitrogens is 1. The normalized spacial score (nSPS) is 11.3. The first kappa shape index (κ1) is 17.0. The van der Waals surface area contributed by atoms with Crippen molar-refractivity contribution in [1.29, 1.82) is 0 Å². The van der Waals surface area contributed by atoms with E-state index in [1.165, 1.54) is 12.0 Å². The number of nitrogens with one attached hydrogen (secondary N) is 2. The van der Waals surface area contributed by atoms with E-state index in [1.54, 1.807) is 0 Å². The van der Waals surface area contributed by atoms with Crippen molar-refractivity contribution in [1.82, 2.24) is 15.6 Å². The smallest absolute Gasteiger partial charge is 0.191 e. The number of guanidine groups is 1. The van der Waals surface area contributed by atoms with Gasteiger partial charge in [0.05, 0.1) is 12.2 Å². The first-order chi connectivity index (χ1) is 11.3. The lowest BCUT2D eigenvalue weighted by molar-refractivity contribution is 0.730. The maximum absolute atomic E-state index is 4.66. The van der Waals surface area contributed by atoms with Crippen LogP contribution in [0.2, 0.25) is 0 Å². The summed E-state index contributed by atoms with van der Waals surface area (Å²) >= 11 is 0. The molecule has 0 radical (unpaired) electrons. The van der Waals surface area contributed by atoms with Crippen molar-refractivity contribution in [3.05, 3.63) is 54.2 Å². The van der Waals surface area contributed by atoms with Crippen molar-refractivity contribution < 1.29 is 0 Å². The van der Waals surface area contributed by atoms with Crippen molar-refractivity contribution in [2.24, 2.45) is 4.99 Å². The summed E-state index contributed by atoms with van der Waals surface area (Å²) in [7, 11) is 0. The molecule has 2 rings (SSSR count). The highest BCUT2D eigenvalue weighted by Gasteiger charge is 2.01. The summed E-state index contributed by atoms with van der Waals surface area (Å²) in [5, 5.41) is 6.65. The second kappa shape index (κ2) is 9.62. The molecule has 1 aromatic heterocycles. The van der Waals surface area contributed by atoms with Crippen molar-refractivity contribution >= 4 is 5.96 Å². The Labute approximate surface area is 139 Å². The Morgan fingerprint density at radius 1 is 1.09 bits per heavy atom. The summed E-state index contributed by atoms with van der Waals surface area (Å²) in [6, 6.07) is 14.4. The molecule has 4 heteroatoms. The van der Waals surface area contributed by atoms with Crippen LogP contribution in [0.1, 0.15) is 32.3 Å². The number of pyridine rings is 1. The third kappa shape index (κ3) is 5.74. The predicted molar refractivity (Wildman–Crippen MR) is 97.4 cm³/mol. The van der Waals surface area contributed by atoms with Crippen LogP contribution in [0.25, 0.3) is 11.3 Å². The van der Waals surface area contributed by atoms with Crippen molar-refractivity contribution in [2.45, 2.75) is 33.2 Å². The van der Waals surface area contributed by atoms with Gasteiger partial charge in [-0.15, -0.1) is 0 Å². The van der Waals surface area contributed by atoms with E-state index in [1.807, 2.05) is 24.4 Å². The largest absolute Gasteiger partial charge is 0.357 e. The van der Waals surface area contributed by atoms with E-state index >= 15 is 0 Å². The molecule has 1 aromatic carbocycles. The fourth-order valence-corrected chi connectivity index (χ4v) is 2.26. The van der Waals surface area contributed by atoms with Gasteiger partial charge in [-0.25, -0.2) is 4.99 Å². The van der Waals surface area contributed by atoms with E-state index < -0.39 is 0 Å². The molecule has 4 nitrogen and oxygen atoms in total. The number of rotatable bonds is 7. The molecule has 0 atom stereocenters. The first-order valence-corrected chi connectivity index (χ1v) is 8.36. The van der Waals surface area contributed by atoms with Crippen LogP contribution in [0.3, 0.4) is 0 Å². The molecule has 0 aliphatic rings. The topological polar surface area (TPSA) is 49.3 Å². The maximum atomic E-state index is 4.66. The Bertz CT molecular complexity index is 608. The number of nitrogens with zero attached hydrogens (tertiary/aromatic N) is 2. The Morgan fingerprint density at radius 3 is 2.74 bits per heavy atom. The highest BCUT2D eigenvalue weighted by molar-refractivity contribution is 5.79. The molecule has 0 spiro atoms.